The molecule has 0 saturated heterocycles. The van der Waals surface area contributed by atoms with E-state index in [0.29, 0.717) is 24.5 Å². The van der Waals surface area contributed by atoms with Crippen molar-refractivity contribution in [3.63, 3.8) is 0 Å². The summed E-state index contributed by atoms with van der Waals surface area (Å²) in [5, 5.41) is 4.83. The summed E-state index contributed by atoms with van der Waals surface area (Å²) < 4.78 is 32.9. The topological polar surface area (TPSA) is 91.5 Å². The Hall–Kier alpha value is -1.60. The molecule has 0 unspecified atom stereocenters. The first-order chi connectivity index (χ1) is 7.59. The van der Waals surface area contributed by atoms with Crippen LogP contribution in [0.25, 0.3) is 5.76 Å². The van der Waals surface area contributed by atoms with E-state index in [1.165, 1.54) is 12.5 Å². The molecule has 2 heterocycles. The highest BCUT2D eigenvalue weighted by Gasteiger charge is 2.20. The van der Waals surface area contributed by atoms with Crippen molar-refractivity contribution in [2.24, 2.45) is 5.14 Å². The lowest BCUT2D eigenvalue weighted by Crippen LogP contribution is -2.17. The molecule has 1 aliphatic rings. The van der Waals surface area contributed by atoms with Crippen molar-refractivity contribution in [3.8, 4) is 0 Å². The van der Waals surface area contributed by atoms with Crippen molar-refractivity contribution in [1.82, 2.24) is 4.98 Å². The molecule has 1 aromatic rings. The fraction of sp³-hybridized carbons (Fsp3) is 0.222. The Balaban J connectivity index is 2.52. The molecule has 86 valence electrons. The van der Waals surface area contributed by atoms with Crippen LogP contribution in [0.4, 0.5) is 0 Å². The number of nitrogens with two attached hydrogens (primary N) is 1. The molecule has 0 aromatic carbocycles. The molecule has 6 nitrogen and oxygen atoms in total. The minimum Gasteiger partial charge on any atom is -0.494 e. The predicted molar refractivity (Wildman–Crippen MR) is 55.5 cm³/mol. The largest absolute Gasteiger partial charge is 0.494 e. The SMILES string of the molecule is NS(=O)(=O)c1ncccc1C1=COCCO1. The summed E-state index contributed by atoms with van der Waals surface area (Å²) in [6.45, 7) is 0.805. The molecule has 1 aliphatic heterocycles. The van der Waals surface area contributed by atoms with Crippen LogP contribution in [-0.2, 0) is 19.5 Å². The maximum atomic E-state index is 11.3. The number of nitrogens with zero attached hydrogens (tertiary/aromatic N) is 1. The van der Waals surface area contributed by atoms with Gasteiger partial charge in [0, 0.05) is 6.20 Å². The zero-order chi connectivity index (χ0) is 11.6. The van der Waals surface area contributed by atoms with Crippen LogP contribution in [0, 0.1) is 0 Å². The lowest BCUT2D eigenvalue weighted by atomic mass is 10.2. The van der Waals surface area contributed by atoms with Gasteiger partial charge < -0.3 is 9.47 Å². The molecule has 1 aromatic heterocycles. The van der Waals surface area contributed by atoms with Gasteiger partial charge in [0.05, 0.1) is 5.56 Å². The Bertz CT molecular complexity index is 524. The van der Waals surface area contributed by atoms with Gasteiger partial charge >= 0.3 is 0 Å². The minimum atomic E-state index is -3.87. The molecule has 0 amide bonds. The first-order valence-corrected chi connectivity index (χ1v) is 6.06. The molecular formula is C9H10N2O4S. The van der Waals surface area contributed by atoms with Gasteiger partial charge in [-0.3, -0.25) is 0 Å². The minimum absolute atomic E-state index is 0.216. The van der Waals surface area contributed by atoms with Crippen LogP contribution in [-0.4, -0.2) is 26.6 Å². The van der Waals surface area contributed by atoms with Crippen LogP contribution in [0.1, 0.15) is 5.56 Å². The third-order valence-electron chi connectivity index (χ3n) is 1.96. The number of hydrogen-bond donors (Lipinski definition) is 1. The highest BCUT2D eigenvalue weighted by atomic mass is 32.2. The Kier molecular flexibility index (Phi) is 2.80. The molecule has 0 atom stereocenters. The van der Waals surface area contributed by atoms with Crippen molar-refractivity contribution in [1.29, 1.82) is 0 Å². The van der Waals surface area contributed by atoms with E-state index in [-0.39, 0.29) is 5.03 Å². The predicted octanol–water partition coefficient (Wildman–Crippen LogP) is 0.0742. The molecule has 16 heavy (non-hydrogen) atoms. The summed E-state index contributed by atoms with van der Waals surface area (Å²) in [5.41, 5.74) is 0.310. The molecule has 2 N–H and O–H groups in total. The molecule has 2 rings (SSSR count). The lowest BCUT2D eigenvalue weighted by molar-refractivity contribution is 0.125. The van der Waals surface area contributed by atoms with Crippen LogP contribution >= 0.6 is 0 Å². The summed E-state index contributed by atoms with van der Waals surface area (Å²) in [6, 6.07) is 3.16. The molecule has 0 fully saturated rings. The van der Waals surface area contributed by atoms with Gasteiger partial charge in [-0.25, -0.2) is 18.5 Å². The van der Waals surface area contributed by atoms with Crippen molar-refractivity contribution >= 4 is 15.8 Å². The lowest BCUT2D eigenvalue weighted by Gasteiger charge is -2.16. The molecule has 0 aliphatic carbocycles. The quantitative estimate of drug-likeness (QED) is 0.792. The second-order valence-electron chi connectivity index (χ2n) is 3.10. The Morgan fingerprint density at radius 1 is 1.38 bits per heavy atom. The second kappa shape index (κ2) is 4.11. The standard InChI is InChI=1S/C9H10N2O4S/c10-16(12,13)9-7(2-1-3-11-9)8-6-14-4-5-15-8/h1-3,6H,4-5H2,(H2,10,12,13). The third-order valence-corrected chi connectivity index (χ3v) is 2.82. The van der Waals surface area contributed by atoms with Gasteiger partial charge in [0.1, 0.15) is 19.5 Å². The van der Waals surface area contributed by atoms with Gasteiger partial charge in [0.25, 0.3) is 10.0 Å². The maximum Gasteiger partial charge on any atom is 0.256 e. The van der Waals surface area contributed by atoms with E-state index in [1.54, 1.807) is 12.1 Å². The Morgan fingerprint density at radius 2 is 2.19 bits per heavy atom. The highest BCUT2D eigenvalue weighted by Crippen LogP contribution is 2.23. The first kappa shape index (κ1) is 10.9. The highest BCUT2D eigenvalue weighted by molar-refractivity contribution is 7.89. The monoisotopic (exact) mass is 242 g/mol. The van der Waals surface area contributed by atoms with E-state index in [9.17, 15) is 8.42 Å². The van der Waals surface area contributed by atoms with E-state index in [2.05, 4.69) is 4.98 Å². The van der Waals surface area contributed by atoms with Gasteiger partial charge in [-0.2, -0.15) is 0 Å². The number of primary sulfonamides is 1. The van der Waals surface area contributed by atoms with Gasteiger partial charge in [0.15, 0.2) is 10.8 Å². The number of sulfonamides is 1. The van der Waals surface area contributed by atoms with E-state index in [0.717, 1.165) is 0 Å². The number of hydrogen-bond acceptors (Lipinski definition) is 5. The third kappa shape index (κ3) is 2.15. The summed E-state index contributed by atoms with van der Waals surface area (Å²) in [7, 11) is -3.87. The molecule has 7 heteroatoms. The number of ether oxygens (including phenoxy) is 2. The second-order valence-corrected chi connectivity index (χ2v) is 4.58. The molecular weight excluding hydrogens is 232 g/mol. The van der Waals surface area contributed by atoms with Gasteiger partial charge in [-0.1, -0.05) is 0 Å². The van der Waals surface area contributed by atoms with Crippen molar-refractivity contribution in [3.05, 3.63) is 30.2 Å². The van der Waals surface area contributed by atoms with Gasteiger partial charge in [0.2, 0.25) is 0 Å². The van der Waals surface area contributed by atoms with Crippen molar-refractivity contribution in [2.45, 2.75) is 5.03 Å². The molecule has 0 radical (unpaired) electrons. The summed E-state index contributed by atoms with van der Waals surface area (Å²) in [4.78, 5) is 3.74. The summed E-state index contributed by atoms with van der Waals surface area (Å²) in [6.07, 6.45) is 2.71. The zero-order valence-corrected chi connectivity index (χ0v) is 9.11. The normalized spacial score (nSPS) is 15.9. The van der Waals surface area contributed by atoms with Crippen LogP contribution < -0.4 is 5.14 Å². The van der Waals surface area contributed by atoms with E-state index in [1.807, 2.05) is 0 Å². The van der Waals surface area contributed by atoms with E-state index in [4.69, 9.17) is 14.6 Å². The molecule has 0 saturated carbocycles. The zero-order valence-electron chi connectivity index (χ0n) is 8.29. The first-order valence-electron chi connectivity index (χ1n) is 4.52. The van der Waals surface area contributed by atoms with Crippen molar-refractivity contribution < 1.29 is 17.9 Å². The number of pyridine rings is 1. The average Bonchev–Trinajstić information content (AvgIpc) is 2.29. The average molecular weight is 242 g/mol. The van der Waals surface area contributed by atoms with Gasteiger partial charge in [-0.05, 0) is 12.1 Å². The fourth-order valence-electron chi connectivity index (χ4n) is 1.31. The Morgan fingerprint density at radius 3 is 2.81 bits per heavy atom. The van der Waals surface area contributed by atoms with Crippen LogP contribution in [0.5, 0.6) is 0 Å². The van der Waals surface area contributed by atoms with Gasteiger partial charge in [-0.15, -0.1) is 0 Å². The van der Waals surface area contributed by atoms with E-state index >= 15 is 0 Å². The smallest absolute Gasteiger partial charge is 0.256 e. The van der Waals surface area contributed by atoms with Crippen LogP contribution in [0.2, 0.25) is 0 Å². The summed E-state index contributed by atoms with van der Waals surface area (Å²) >= 11 is 0. The summed E-state index contributed by atoms with van der Waals surface area (Å²) in [5.74, 6) is 0.323. The Labute approximate surface area is 92.7 Å². The maximum absolute atomic E-state index is 11.3. The van der Waals surface area contributed by atoms with Crippen LogP contribution in [0.3, 0.4) is 0 Å². The van der Waals surface area contributed by atoms with Crippen LogP contribution in [0.15, 0.2) is 29.6 Å². The number of aromatic nitrogens is 1. The molecule has 0 bridgehead atoms. The van der Waals surface area contributed by atoms with E-state index < -0.39 is 10.0 Å². The van der Waals surface area contributed by atoms with Crippen molar-refractivity contribution in [2.75, 3.05) is 13.2 Å². The molecule has 0 spiro atoms. The number of rotatable bonds is 2. The fourth-order valence-corrected chi connectivity index (χ4v) is 2.00.